The third-order valence-corrected chi connectivity index (χ3v) is 2.89. The van der Waals surface area contributed by atoms with Crippen LogP contribution in [0.25, 0.3) is 0 Å². The summed E-state index contributed by atoms with van der Waals surface area (Å²) in [5, 5.41) is 14.9. The molecule has 2 rings (SSSR count). The van der Waals surface area contributed by atoms with Gasteiger partial charge in [-0.3, -0.25) is 4.79 Å². The first-order chi connectivity index (χ1) is 9.16. The summed E-state index contributed by atoms with van der Waals surface area (Å²) in [7, 11) is 0. The minimum Gasteiger partial charge on any atom is -0.477 e. The molecular weight excluding hydrogens is 246 g/mol. The van der Waals surface area contributed by atoms with Gasteiger partial charge >= 0.3 is 5.97 Å². The molecule has 0 bridgehead atoms. The molecule has 0 unspecified atom stereocenters. The van der Waals surface area contributed by atoms with Crippen molar-refractivity contribution in [3.8, 4) is 0 Å². The van der Waals surface area contributed by atoms with E-state index in [1.165, 1.54) is 31.2 Å². The van der Waals surface area contributed by atoms with Crippen LogP contribution in [0.2, 0.25) is 0 Å². The third kappa shape index (κ3) is 4.33. The van der Waals surface area contributed by atoms with E-state index in [0.717, 1.165) is 13.0 Å². The maximum Gasteiger partial charge on any atom is 0.354 e. The van der Waals surface area contributed by atoms with Gasteiger partial charge in [0.2, 0.25) is 0 Å². The number of pyridine rings is 1. The number of nitrogens with one attached hydrogen (secondary N) is 2. The largest absolute Gasteiger partial charge is 0.477 e. The van der Waals surface area contributed by atoms with E-state index in [9.17, 15) is 9.59 Å². The van der Waals surface area contributed by atoms with Crippen LogP contribution in [-0.2, 0) is 0 Å². The lowest BCUT2D eigenvalue weighted by Crippen LogP contribution is -2.28. The Kier molecular flexibility index (Phi) is 4.46. The lowest BCUT2D eigenvalue weighted by molar-refractivity contribution is 0.0690. The van der Waals surface area contributed by atoms with Crippen LogP contribution in [0.3, 0.4) is 0 Å². The van der Waals surface area contributed by atoms with Gasteiger partial charge in [-0.1, -0.05) is 0 Å². The van der Waals surface area contributed by atoms with Gasteiger partial charge in [-0.2, -0.15) is 0 Å². The van der Waals surface area contributed by atoms with Gasteiger partial charge in [0, 0.05) is 24.3 Å². The molecule has 6 heteroatoms. The summed E-state index contributed by atoms with van der Waals surface area (Å²) in [6.45, 7) is 1.46. The van der Waals surface area contributed by atoms with E-state index in [4.69, 9.17) is 5.11 Å². The molecule has 6 nitrogen and oxygen atoms in total. The van der Waals surface area contributed by atoms with Crippen molar-refractivity contribution in [3.05, 3.63) is 29.6 Å². The van der Waals surface area contributed by atoms with Crippen molar-refractivity contribution in [2.45, 2.75) is 25.3 Å². The van der Waals surface area contributed by atoms with Gasteiger partial charge in [-0.15, -0.1) is 0 Å². The van der Waals surface area contributed by atoms with Crippen LogP contribution in [0.1, 0.15) is 40.1 Å². The summed E-state index contributed by atoms with van der Waals surface area (Å²) >= 11 is 0. The SMILES string of the molecule is O=C(NCCCNC1CC1)c1ccnc(C(=O)O)c1. The van der Waals surface area contributed by atoms with Crippen LogP contribution in [-0.4, -0.2) is 41.1 Å². The topological polar surface area (TPSA) is 91.3 Å². The van der Waals surface area contributed by atoms with E-state index < -0.39 is 5.97 Å². The molecule has 0 spiro atoms. The van der Waals surface area contributed by atoms with Gasteiger partial charge in [0.25, 0.3) is 5.91 Å². The smallest absolute Gasteiger partial charge is 0.354 e. The van der Waals surface area contributed by atoms with Gasteiger partial charge in [0.1, 0.15) is 5.69 Å². The number of carbonyl (C=O) groups is 2. The standard InChI is InChI=1S/C13H17N3O3/c17-12(16-6-1-5-14-10-2-3-10)9-4-7-15-11(8-9)13(18)19/h4,7-8,10,14H,1-3,5-6H2,(H,16,17)(H,18,19). The highest BCUT2D eigenvalue weighted by Gasteiger charge is 2.19. The molecule has 1 aromatic heterocycles. The zero-order valence-corrected chi connectivity index (χ0v) is 10.6. The van der Waals surface area contributed by atoms with Crippen molar-refractivity contribution in [2.24, 2.45) is 0 Å². The molecule has 1 amide bonds. The summed E-state index contributed by atoms with van der Waals surface area (Å²) in [6, 6.07) is 3.46. The predicted molar refractivity (Wildman–Crippen MR) is 69.2 cm³/mol. The summed E-state index contributed by atoms with van der Waals surface area (Å²) < 4.78 is 0. The van der Waals surface area contributed by atoms with Gasteiger partial charge < -0.3 is 15.7 Å². The number of carboxylic acids is 1. The highest BCUT2D eigenvalue weighted by molar-refractivity contribution is 5.96. The van der Waals surface area contributed by atoms with Gasteiger partial charge in [0.15, 0.2) is 0 Å². The fraction of sp³-hybridized carbons (Fsp3) is 0.462. The highest BCUT2D eigenvalue weighted by Crippen LogP contribution is 2.18. The number of hydrogen-bond donors (Lipinski definition) is 3. The third-order valence-electron chi connectivity index (χ3n) is 2.89. The zero-order chi connectivity index (χ0) is 13.7. The van der Waals surface area contributed by atoms with Crippen LogP contribution in [0.15, 0.2) is 18.3 Å². The van der Waals surface area contributed by atoms with Gasteiger partial charge in [-0.05, 0) is 37.9 Å². The van der Waals surface area contributed by atoms with Crippen molar-refractivity contribution in [1.29, 1.82) is 0 Å². The first-order valence-corrected chi connectivity index (χ1v) is 6.38. The van der Waals surface area contributed by atoms with E-state index in [0.29, 0.717) is 18.2 Å². The van der Waals surface area contributed by atoms with Crippen LogP contribution in [0.4, 0.5) is 0 Å². The van der Waals surface area contributed by atoms with E-state index in [2.05, 4.69) is 15.6 Å². The van der Waals surface area contributed by atoms with Crippen LogP contribution in [0, 0.1) is 0 Å². The van der Waals surface area contributed by atoms with E-state index in [1.807, 2.05) is 0 Å². The first-order valence-electron chi connectivity index (χ1n) is 6.38. The van der Waals surface area contributed by atoms with E-state index >= 15 is 0 Å². The Hall–Kier alpha value is -1.95. The number of carboxylic acid groups (broad SMARTS) is 1. The number of aromatic nitrogens is 1. The normalized spacial score (nSPS) is 14.1. The van der Waals surface area contributed by atoms with Crippen molar-refractivity contribution in [2.75, 3.05) is 13.1 Å². The Morgan fingerprint density at radius 1 is 1.37 bits per heavy atom. The summed E-state index contributed by atoms with van der Waals surface area (Å²) in [5.74, 6) is -1.40. The highest BCUT2D eigenvalue weighted by atomic mass is 16.4. The first kappa shape index (κ1) is 13.5. The fourth-order valence-corrected chi connectivity index (χ4v) is 1.67. The average molecular weight is 263 g/mol. The molecule has 102 valence electrons. The molecule has 0 radical (unpaired) electrons. The average Bonchev–Trinajstić information content (AvgIpc) is 3.22. The minimum absolute atomic E-state index is 0.122. The number of amides is 1. The molecule has 1 aromatic rings. The number of rotatable bonds is 7. The number of hydrogen-bond acceptors (Lipinski definition) is 4. The second kappa shape index (κ2) is 6.29. The summed E-state index contributed by atoms with van der Waals surface area (Å²) in [4.78, 5) is 26.2. The van der Waals surface area contributed by atoms with Crippen LogP contribution < -0.4 is 10.6 Å². The molecule has 1 heterocycles. The lowest BCUT2D eigenvalue weighted by atomic mass is 10.2. The number of aromatic carboxylic acids is 1. The van der Waals surface area contributed by atoms with Crippen LogP contribution >= 0.6 is 0 Å². The minimum atomic E-state index is -1.14. The van der Waals surface area contributed by atoms with Gasteiger partial charge in [-0.25, -0.2) is 9.78 Å². The van der Waals surface area contributed by atoms with Gasteiger partial charge in [0.05, 0.1) is 0 Å². The van der Waals surface area contributed by atoms with E-state index in [-0.39, 0.29) is 11.6 Å². The molecular formula is C13H17N3O3. The molecule has 1 aliphatic rings. The van der Waals surface area contributed by atoms with Crippen LogP contribution in [0.5, 0.6) is 0 Å². The molecule has 0 atom stereocenters. The quantitative estimate of drug-likeness (QED) is 0.628. The van der Waals surface area contributed by atoms with Crippen molar-refractivity contribution < 1.29 is 14.7 Å². The molecule has 1 saturated carbocycles. The fourth-order valence-electron chi connectivity index (χ4n) is 1.67. The molecule has 1 fully saturated rings. The zero-order valence-electron chi connectivity index (χ0n) is 10.6. The molecule has 0 saturated heterocycles. The Morgan fingerprint density at radius 2 is 2.16 bits per heavy atom. The number of carbonyl (C=O) groups excluding carboxylic acids is 1. The number of nitrogens with zero attached hydrogens (tertiary/aromatic N) is 1. The second-order valence-electron chi connectivity index (χ2n) is 4.57. The molecule has 19 heavy (non-hydrogen) atoms. The van der Waals surface area contributed by atoms with Crippen molar-refractivity contribution in [1.82, 2.24) is 15.6 Å². The Morgan fingerprint density at radius 3 is 2.84 bits per heavy atom. The Balaban J connectivity index is 1.75. The predicted octanol–water partition coefficient (Wildman–Crippen LogP) is 0.652. The lowest BCUT2D eigenvalue weighted by Gasteiger charge is -2.06. The molecule has 0 aromatic carbocycles. The molecule has 1 aliphatic carbocycles. The van der Waals surface area contributed by atoms with E-state index in [1.54, 1.807) is 0 Å². The maximum atomic E-state index is 11.8. The Bertz CT molecular complexity index is 472. The van der Waals surface area contributed by atoms with Crippen molar-refractivity contribution in [3.63, 3.8) is 0 Å². The monoisotopic (exact) mass is 263 g/mol. The molecule has 0 aliphatic heterocycles. The summed E-state index contributed by atoms with van der Waals surface area (Å²) in [5.41, 5.74) is 0.200. The maximum absolute atomic E-state index is 11.8. The molecule has 3 N–H and O–H groups in total. The summed E-state index contributed by atoms with van der Waals surface area (Å²) in [6.07, 6.45) is 4.69. The van der Waals surface area contributed by atoms with Crippen molar-refractivity contribution >= 4 is 11.9 Å². The Labute approximate surface area is 111 Å². The second-order valence-corrected chi connectivity index (χ2v) is 4.57.